The lowest BCUT2D eigenvalue weighted by Gasteiger charge is -2.28. The molecular formula is C8H17NO2P+. The molecule has 0 spiro atoms. The molecule has 0 radical (unpaired) electrons. The van der Waals surface area contributed by atoms with Gasteiger partial charge in [0.1, 0.15) is 0 Å². The highest BCUT2D eigenvalue weighted by Crippen LogP contribution is 2.31. The van der Waals surface area contributed by atoms with Crippen LogP contribution >= 0.6 is 8.03 Å². The maximum atomic E-state index is 10.8. The van der Waals surface area contributed by atoms with Crippen molar-refractivity contribution in [2.24, 2.45) is 0 Å². The largest absolute Gasteiger partial charge is 0.563 e. The van der Waals surface area contributed by atoms with Crippen LogP contribution in [0.1, 0.15) is 27.7 Å². The summed E-state index contributed by atoms with van der Waals surface area (Å²) in [6.07, 6.45) is 0. The number of rotatable bonds is 4. The van der Waals surface area contributed by atoms with Crippen LogP contribution < -0.4 is 0 Å². The zero-order valence-electron chi connectivity index (χ0n) is 8.11. The van der Waals surface area contributed by atoms with Crippen molar-refractivity contribution in [1.29, 1.82) is 0 Å². The fraction of sp³-hybridized carbons (Fsp3) is 0.750. The third-order valence-electron chi connectivity index (χ3n) is 1.63. The van der Waals surface area contributed by atoms with E-state index >= 15 is 0 Å². The normalized spacial score (nSPS) is 12.1. The van der Waals surface area contributed by atoms with Crippen LogP contribution in [0.5, 0.6) is 0 Å². The lowest BCUT2D eigenvalue weighted by atomic mass is 10.2. The Bertz CT molecular complexity index is 181. The molecule has 4 heteroatoms. The first-order chi connectivity index (χ1) is 5.37. The third-order valence-corrected chi connectivity index (χ3v) is 2.30. The molecule has 0 saturated heterocycles. The van der Waals surface area contributed by atoms with E-state index in [0.717, 1.165) is 0 Å². The van der Waals surface area contributed by atoms with Crippen LogP contribution in [0.2, 0.25) is 0 Å². The molecule has 0 aromatic heterocycles. The Morgan fingerprint density at radius 2 is 1.67 bits per heavy atom. The van der Waals surface area contributed by atoms with Crippen molar-refractivity contribution in [2.45, 2.75) is 39.8 Å². The van der Waals surface area contributed by atoms with Gasteiger partial charge in [-0.3, -0.25) is 0 Å². The molecule has 0 aromatic rings. The predicted octanol–water partition coefficient (Wildman–Crippen LogP) is 2.31. The average Bonchev–Trinajstić information content (AvgIpc) is 1.85. The summed E-state index contributed by atoms with van der Waals surface area (Å²) in [6.45, 7) is 11.5. The molecule has 12 heavy (non-hydrogen) atoms. The van der Waals surface area contributed by atoms with Gasteiger partial charge in [-0.25, -0.2) is 0 Å². The molecule has 1 N–H and O–H groups in total. The minimum atomic E-state index is -2.28. The van der Waals surface area contributed by atoms with Gasteiger partial charge in [0.05, 0.1) is 0 Å². The highest BCUT2D eigenvalue weighted by molar-refractivity contribution is 7.42. The summed E-state index contributed by atoms with van der Waals surface area (Å²) >= 11 is 0. The molecule has 1 unspecified atom stereocenters. The molecule has 0 heterocycles. The Labute approximate surface area is 74.9 Å². The number of nitrogens with zero attached hydrogens (tertiary/aromatic N) is 1. The zero-order valence-corrected chi connectivity index (χ0v) is 9.01. The summed E-state index contributed by atoms with van der Waals surface area (Å²) in [5.41, 5.74) is 0.315. The highest BCUT2D eigenvalue weighted by Gasteiger charge is 2.28. The summed E-state index contributed by atoms with van der Waals surface area (Å²) in [4.78, 5) is 10.7. The van der Waals surface area contributed by atoms with Gasteiger partial charge in [0.25, 0.3) is 5.44 Å². The van der Waals surface area contributed by atoms with Gasteiger partial charge < -0.3 is 4.90 Å². The maximum Gasteiger partial charge on any atom is 0.563 e. The summed E-state index contributed by atoms with van der Waals surface area (Å²) < 4.78 is 10.8. The second kappa shape index (κ2) is 4.58. The van der Waals surface area contributed by atoms with Crippen LogP contribution in [0.15, 0.2) is 12.0 Å². The van der Waals surface area contributed by atoms with Crippen LogP contribution in [0.3, 0.4) is 0 Å². The van der Waals surface area contributed by atoms with Crippen molar-refractivity contribution >= 4 is 8.03 Å². The van der Waals surface area contributed by atoms with Crippen LogP contribution in [0, 0.1) is 0 Å². The lowest BCUT2D eigenvalue weighted by molar-refractivity contribution is 0.243. The maximum absolute atomic E-state index is 10.8. The van der Waals surface area contributed by atoms with Crippen molar-refractivity contribution in [3.8, 4) is 0 Å². The molecule has 0 amide bonds. The van der Waals surface area contributed by atoms with Crippen molar-refractivity contribution in [1.82, 2.24) is 4.90 Å². The number of hydrogen-bond acceptors (Lipinski definition) is 2. The van der Waals surface area contributed by atoms with Gasteiger partial charge in [0, 0.05) is 12.1 Å². The minimum absolute atomic E-state index is 0.212. The smallest absolute Gasteiger partial charge is 0.327 e. The zero-order chi connectivity index (χ0) is 9.89. The van der Waals surface area contributed by atoms with Crippen LogP contribution in [0.4, 0.5) is 0 Å². The molecule has 3 nitrogen and oxygen atoms in total. The van der Waals surface area contributed by atoms with E-state index in [1.54, 1.807) is 0 Å². The lowest BCUT2D eigenvalue weighted by Crippen LogP contribution is -2.34. The topological polar surface area (TPSA) is 40.5 Å². The second-order valence-electron chi connectivity index (χ2n) is 3.28. The first kappa shape index (κ1) is 11.6. The Morgan fingerprint density at radius 1 is 1.33 bits per heavy atom. The Balaban J connectivity index is 4.52. The Hall–Kier alpha value is -0.400. The van der Waals surface area contributed by atoms with E-state index < -0.39 is 8.03 Å². The standard InChI is InChI=1S/C8H16NO2P/c1-6(2)9(7(3)4)8(5)12(10)11/h6-7H,5H2,1-4H3/p+1. The van der Waals surface area contributed by atoms with Crippen molar-refractivity contribution in [3.05, 3.63) is 12.0 Å². The molecule has 0 aliphatic rings. The fourth-order valence-electron chi connectivity index (χ4n) is 1.29. The van der Waals surface area contributed by atoms with Crippen molar-refractivity contribution in [3.63, 3.8) is 0 Å². The van der Waals surface area contributed by atoms with Gasteiger partial charge in [-0.1, -0.05) is 0 Å². The minimum Gasteiger partial charge on any atom is -0.327 e. The summed E-state index contributed by atoms with van der Waals surface area (Å²) in [7, 11) is -2.28. The molecular weight excluding hydrogens is 173 g/mol. The molecule has 0 aromatic carbocycles. The van der Waals surface area contributed by atoms with E-state index in [9.17, 15) is 4.57 Å². The second-order valence-corrected chi connectivity index (χ2v) is 4.35. The van der Waals surface area contributed by atoms with E-state index in [2.05, 4.69) is 6.58 Å². The van der Waals surface area contributed by atoms with Crippen molar-refractivity contribution < 1.29 is 9.46 Å². The number of hydrogen-bond donors (Lipinski definition) is 1. The predicted molar refractivity (Wildman–Crippen MR) is 51.1 cm³/mol. The van der Waals surface area contributed by atoms with Gasteiger partial charge >= 0.3 is 8.03 Å². The summed E-state index contributed by atoms with van der Waals surface area (Å²) in [6, 6.07) is 0.423. The first-order valence-corrected chi connectivity index (χ1v) is 5.22. The van der Waals surface area contributed by atoms with Gasteiger partial charge in [-0.2, -0.15) is 4.89 Å². The van der Waals surface area contributed by atoms with E-state index in [1.807, 2.05) is 32.6 Å². The molecule has 1 atom stereocenters. The van der Waals surface area contributed by atoms with E-state index in [4.69, 9.17) is 4.89 Å². The summed E-state index contributed by atoms with van der Waals surface area (Å²) in [5, 5.41) is 0. The van der Waals surface area contributed by atoms with E-state index in [0.29, 0.717) is 5.44 Å². The van der Waals surface area contributed by atoms with Gasteiger partial charge in [-0.15, -0.1) is 0 Å². The molecule has 0 saturated carbocycles. The van der Waals surface area contributed by atoms with E-state index in [-0.39, 0.29) is 12.1 Å². The van der Waals surface area contributed by atoms with Gasteiger partial charge in [0.15, 0.2) is 0 Å². The quantitative estimate of drug-likeness (QED) is 0.691. The third kappa shape index (κ3) is 2.92. The van der Waals surface area contributed by atoms with Crippen molar-refractivity contribution in [2.75, 3.05) is 0 Å². The van der Waals surface area contributed by atoms with E-state index in [1.165, 1.54) is 0 Å². The van der Waals surface area contributed by atoms with Crippen LogP contribution in [-0.2, 0) is 4.57 Å². The van der Waals surface area contributed by atoms with Gasteiger partial charge in [0.2, 0.25) is 0 Å². The van der Waals surface area contributed by atoms with Gasteiger partial charge in [-0.05, 0) is 38.8 Å². The van der Waals surface area contributed by atoms with Crippen LogP contribution in [-0.4, -0.2) is 21.9 Å². The first-order valence-electron chi connectivity index (χ1n) is 4.01. The summed E-state index contributed by atoms with van der Waals surface area (Å²) in [5.74, 6) is 0. The Morgan fingerprint density at radius 3 is 1.75 bits per heavy atom. The monoisotopic (exact) mass is 190 g/mol. The molecule has 0 rings (SSSR count). The molecule has 70 valence electrons. The average molecular weight is 190 g/mol. The Kier molecular flexibility index (Phi) is 4.43. The molecule has 0 bridgehead atoms. The van der Waals surface area contributed by atoms with Crippen LogP contribution in [0.25, 0.3) is 0 Å². The highest BCUT2D eigenvalue weighted by atomic mass is 31.1. The molecule has 0 aliphatic carbocycles. The molecule has 0 aliphatic heterocycles. The fourth-order valence-corrected chi connectivity index (χ4v) is 1.95. The molecule has 0 fully saturated rings. The SMILES string of the molecule is C=C(N(C(C)C)C(C)C)[P+](=O)O.